The summed E-state index contributed by atoms with van der Waals surface area (Å²) in [5.41, 5.74) is 0.0738. The third kappa shape index (κ3) is 4.63. The maximum Gasteiger partial charge on any atom is 0.262 e. The second kappa shape index (κ2) is 6.43. The number of hydrogen-bond acceptors (Lipinski definition) is 3. The molecular weight excluding hydrogens is 377 g/mol. The number of carbonyl (C=O) groups is 1. The maximum absolute atomic E-state index is 11.9. The van der Waals surface area contributed by atoms with E-state index < -0.39 is 15.0 Å². The van der Waals surface area contributed by atoms with Crippen molar-refractivity contribution in [2.45, 2.75) is 18.7 Å². The van der Waals surface area contributed by atoms with E-state index in [-0.39, 0.29) is 25.9 Å². The van der Waals surface area contributed by atoms with Gasteiger partial charge in [-0.1, -0.05) is 25.4 Å². The number of nitrogens with one attached hydrogen (secondary N) is 1. The van der Waals surface area contributed by atoms with Crippen molar-refractivity contribution in [1.29, 1.82) is 0 Å². The summed E-state index contributed by atoms with van der Waals surface area (Å²) in [5.74, 6) is -0.165. The number of benzene rings is 1. The summed E-state index contributed by atoms with van der Waals surface area (Å²) in [7, 11) is 1.34. The molecular formula is C11H12BrCl2NO3S. The van der Waals surface area contributed by atoms with Crippen molar-refractivity contribution in [1.82, 2.24) is 5.32 Å². The molecule has 0 fully saturated rings. The van der Waals surface area contributed by atoms with Gasteiger partial charge in [-0.2, -0.15) is 0 Å². The fraction of sp³-hybridized carbons (Fsp3) is 0.364. The normalized spacial score (nSPS) is 11.7. The molecule has 1 aromatic carbocycles. The first-order chi connectivity index (χ1) is 8.62. The summed E-state index contributed by atoms with van der Waals surface area (Å²) in [6.45, 7) is 4.35. The van der Waals surface area contributed by atoms with E-state index >= 15 is 0 Å². The van der Waals surface area contributed by atoms with E-state index in [0.29, 0.717) is 6.54 Å². The molecule has 1 amide bonds. The van der Waals surface area contributed by atoms with Crippen molar-refractivity contribution in [2.75, 3.05) is 6.54 Å². The molecule has 19 heavy (non-hydrogen) atoms. The number of rotatable bonds is 4. The number of amides is 1. The molecule has 4 nitrogen and oxygen atoms in total. The van der Waals surface area contributed by atoms with Crippen LogP contribution in [0.3, 0.4) is 0 Å². The van der Waals surface area contributed by atoms with E-state index in [4.69, 9.17) is 22.3 Å². The zero-order valence-corrected chi connectivity index (χ0v) is 14.1. The lowest BCUT2D eigenvalue weighted by Gasteiger charge is -2.10. The van der Waals surface area contributed by atoms with Gasteiger partial charge in [0.2, 0.25) is 0 Å². The van der Waals surface area contributed by atoms with Crippen molar-refractivity contribution in [2.24, 2.45) is 5.92 Å². The van der Waals surface area contributed by atoms with Gasteiger partial charge in [0.1, 0.15) is 0 Å². The van der Waals surface area contributed by atoms with Gasteiger partial charge in [-0.05, 0) is 34.0 Å². The summed E-state index contributed by atoms with van der Waals surface area (Å²) < 4.78 is 22.9. The summed E-state index contributed by atoms with van der Waals surface area (Å²) in [6, 6.07) is 2.49. The van der Waals surface area contributed by atoms with Gasteiger partial charge >= 0.3 is 0 Å². The Hall–Kier alpha value is -0.300. The van der Waals surface area contributed by atoms with Gasteiger partial charge in [0, 0.05) is 21.7 Å². The molecule has 0 aliphatic heterocycles. The minimum Gasteiger partial charge on any atom is -0.352 e. The molecule has 0 radical (unpaired) electrons. The Kier molecular flexibility index (Phi) is 5.67. The van der Waals surface area contributed by atoms with Crippen molar-refractivity contribution in [3.63, 3.8) is 0 Å². The van der Waals surface area contributed by atoms with E-state index in [0.717, 1.165) is 6.07 Å². The average Bonchev–Trinajstić information content (AvgIpc) is 2.24. The van der Waals surface area contributed by atoms with Crippen LogP contribution in [-0.4, -0.2) is 20.9 Å². The maximum atomic E-state index is 11.9. The molecule has 106 valence electrons. The minimum atomic E-state index is -3.95. The lowest BCUT2D eigenvalue weighted by Crippen LogP contribution is -2.27. The quantitative estimate of drug-likeness (QED) is 0.803. The van der Waals surface area contributed by atoms with Gasteiger partial charge in [0.15, 0.2) is 0 Å². The van der Waals surface area contributed by atoms with Gasteiger partial charge in [-0.3, -0.25) is 4.79 Å². The zero-order valence-electron chi connectivity index (χ0n) is 10.2. The summed E-state index contributed by atoms with van der Waals surface area (Å²) in [5, 5.41) is 2.81. The molecule has 0 atom stereocenters. The fourth-order valence-corrected chi connectivity index (χ4v) is 3.86. The molecule has 0 saturated heterocycles. The molecule has 0 bridgehead atoms. The van der Waals surface area contributed by atoms with Crippen molar-refractivity contribution in [3.8, 4) is 0 Å². The highest BCUT2D eigenvalue weighted by Gasteiger charge is 2.20. The predicted molar refractivity (Wildman–Crippen MR) is 79.4 cm³/mol. The molecule has 0 heterocycles. The lowest BCUT2D eigenvalue weighted by molar-refractivity contribution is 0.0949. The molecule has 1 rings (SSSR count). The summed E-state index contributed by atoms with van der Waals surface area (Å²) in [4.78, 5) is 11.7. The van der Waals surface area contributed by atoms with E-state index in [2.05, 4.69) is 21.2 Å². The Balaban J connectivity index is 3.19. The number of halogens is 3. The van der Waals surface area contributed by atoms with E-state index in [9.17, 15) is 13.2 Å². The van der Waals surface area contributed by atoms with Crippen molar-refractivity contribution >= 4 is 53.2 Å². The summed E-state index contributed by atoms with van der Waals surface area (Å²) in [6.07, 6.45) is 0. The van der Waals surface area contributed by atoms with Crippen LogP contribution in [0.2, 0.25) is 5.02 Å². The Morgan fingerprint density at radius 1 is 1.42 bits per heavy atom. The lowest BCUT2D eigenvalue weighted by atomic mass is 10.2. The van der Waals surface area contributed by atoms with Gasteiger partial charge in [-0.25, -0.2) is 8.42 Å². The minimum absolute atomic E-state index is 0.0738. The zero-order chi connectivity index (χ0) is 14.8. The second-order valence-electron chi connectivity index (χ2n) is 4.30. The van der Waals surface area contributed by atoms with Crippen molar-refractivity contribution < 1.29 is 13.2 Å². The van der Waals surface area contributed by atoms with Gasteiger partial charge in [-0.15, -0.1) is 0 Å². The van der Waals surface area contributed by atoms with Crippen LogP contribution < -0.4 is 5.32 Å². The van der Waals surface area contributed by atoms with E-state index in [1.807, 2.05) is 13.8 Å². The molecule has 0 aliphatic carbocycles. The standard InChI is InChI=1S/C11H12BrCl2NO3S/c1-6(2)5-15-11(16)7-3-10(19(14,17)18)8(12)4-9(7)13/h3-4,6H,5H2,1-2H3,(H,15,16). The molecule has 0 unspecified atom stereocenters. The largest absolute Gasteiger partial charge is 0.352 e. The van der Waals surface area contributed by atoms with Crippen LogP contribution in [0, 0.1) is 5.92 Å². The highest BCUT2D eigenvalue weighted by atomic mass is 79.9. The van der Waals surface area contributed by atoms with Crippen LogP contribution in [0.5, 0.6) is 0 Å². The highest BCUT2D eigenvalue weighted by Crippen LogP contribution is 2.30. The van der Waals surface area contributed by atoms with Crippen LogP contribution in [-0.2, 0) is 9.05 Å². The van der Waals surface area contributed by atoms with Gasteiger partial charge in [0.25, 0.3) is 15.0 Å². The van der Waals surface area contributed by atoms with Gasteiger partial charge < -0.3 is 5.32 Å². The fourth-order valence-electron chi connectivity index (χ4n) is 1.28. The van der Waals surface area contributed by atoms with Crippen molar-refractivity contribution in [3.05, 3.63) is 27.2 Å². The molecule has 1 aromatic rings. The molecule has 0 saturated carbocycles. The predicted octanol–water partition coefficient (Wildman–Crippen LogP) is 3.42. The highest BCUT2D eigenvalue weighted by molar-refractivity contribution is 9.10. The SMILES string of the molecule is CC(C)CNC(=O)c1cc(S(=O)(=O)Cl)c(Br)cc1Cl. The van der Waals surface area contributed by atoms with Crippen LogP contribution in [0.4, 0.5) is 0 Å². The molecule has 0 aliphatic rings. The Morgan fingerprint density at radius 3 is 2.47 bits per heavy atom. The third-order valence-corrected chi connectivity index (χ3v) is 4.79. The Morgan fingerprint density at radius 2 is 2.00 bits per heavy atom. The monoisotopic (exact) mass is 387 g/mol. The number of hydrogen-bond donors (Lipinski definition) is 1. The first kappa shape index (κ1) is 16.8. The van der Waals surface area contributed by atoms with Crippen LogP contribution in [0.1, 0.15) is 24.2 Å². The van der Waals surface area contributed by atoms with E-state index in [1.54, 1.807) is 0 Å². The van der Waals surface area contributed by atoms with Crippen LogP contribution in [0.15, 0.2) is 21.5 Å². The molecule has 8 heteroatoms. The van der Waals surface area contributed by atoms with Gasteiger partial charge in [0.05, 0.1) is 15.5 Å². The van der Waals surface area contributed by atoms with E-state index in [1.165, 1.54) is 6.07 Å². The third-order valence-electron chi connectivity index (χ3n) is 2.20. The van der Waals surface area contributed by atoms with Crippen LogP contribution in [0.25, 0.3) is 0 Å². The molecule has 1 N–H and O–H groups in total. The smallest absolute Gasteiger partial charge is 0.262 e. The molecule has 0 spiro atoms. The average molecular weight is 389 g/mol. The number of carbonyl (C=O) groups excluding carboxylic acids is 1. The Labute approximate surface area is 130 Å². The summed E-state index contributed by atoms with van der Waals surface area (Å²) >= 11 is 8.98. The first-order valence-corrected chi connectivity index (χ1v) is 8.83. The van der Waals surface area contributed by atoms with Crippen LogP contribution >= 0.6 is 38.2 Å². The first-order valence-electron chi connectivity index (χ1n) is 5.35. The molecule has 0 aromatic heterocycles. The topological polar surface area (TPSA) is 63.2 Å². The Bertz CT molecular complexity index is 602. The second-order valence-corrected chi connectivity index (χ2v) is 8.10.